The van der Waals surface area contributed by atoms with Crippen molar-refractivity contribution >= 4 is 23.0 Å². The topological polar surface area (TPSA) is 142 Å². The summed E-state index contributed by atoms with van der Waals surface area (Å²) < 4.78 is 5.64. The molecule has 1 aromatic carbocycles. The molecule has 0 radical (unpaired) electrons. The number of nitriles is 1. The summed E-state index contributed by atoms with van der Waals surface area (Å²) in [4.78, 5) is 21.0. The van der Waals surface area contributed by atoms with E-state index in [-0.39, 0.29) is 17.3 Å². The minimum Gasteiger partial charge on any atom is -0.439 e. The van der Waals surface area contributed by atoms with E-state index in [2.05, 4.69) is 21.4 Å². The van der Waals surface area contributed by atoms with Crippen molar-refractivity contribution in [1.82, 2.24) is 9.97 Å². The molecule has 0 aliphatic carbocycles. The van der Waals surface area contributed by atoms with Crippen LogP contribution in [0.15, 0.2) is 35.0 Å². The van der Waals surface area contributed by atoms with Gasteiger partial charge in [0.15, 0.2) is 11.7 Å². The zero-order chi connectivity index (χ0) is 22.0. The third kappa shape index (κ3) is 3.91. The molecule has 8 heteroatoms. The Morgan fingerprint density at radius 2 is 1.97 bits per heavy atom. The van der Waals surface area contributed by atoms with E-state index < -0.39 is 5.91 Å². The summed E-state index contributed by atoms with van der Waals surface area (Å²) in [6.07, 6.45) is 2.88. The van der Waals surface area contributed by atoms with E-state index in [1.54, 1.807) is 32.0 Å². The van der Waals surface area contributed by atoms with Gasteiger partial charge in [0.25, 0.3) is 5.91 Å². The Bertz CT molecular complexity index is 1190. The van der Waals surface area contributed by atoms with Gasteiger partial charge in [-0.1, -0.05) is 13.8 Å². The smallest absolute Gasteiger partial charge is 0.274 e. The van der Waals surface area contributed by atoms with Crippen LogP contribution in [0.5, 0.6) is 0 Å². The predicted molar refractivity (Wildman–Crippen MR) is 114 cm³/mol. The number of rotatable bonds is 5. The van der Waals surface area contributed by atoms with Gasteiger partial charge in [0.2, 0.25) is 0 Å². The largest absolute Gasteiger partial charge is 0.439 e. The molecule has 1 amide bonds. The molecular weight excluding hydrogens is 380 g/mol. The van der Waals surface area contributed by atoms with Gasteiger partial charge in [0.1, 0.15) is 17.5 Å². The van der Waals surface area contributed by atoms with Crippen LogP contribution in [0.25, 0.3) is 0 Å². The lowest BCUT2D eigenvalue weighted by atomic mass is 10.0. The molecule has 0 fully saturated rings. The maximum Gasteiger partial charge on any atom is 0.274 e. The first kappa shape index (κ1) is 20.7. The van der Waals surface area contributed by atoms with Gasteiger partial charge in [-0.15, -0.1) is 0 Å². The maximum atomic E-state index is 12.7. The third-order valence-electron chi connectivity index (χ3n) is 4.82. The SMILES string of the molecule is Cc1c(C#N)cnc(C(=O)Nc2ccc(N)c(C(=N)c3cnc(C(C)C)o3)c2)c1C. The van der Waals surface area contributed by atoms with E-state index in [9.17, 15) is 4.79 Å². The number of nitrogens with zero attached hydrogens (tertiary/aromatic N) is 3. The van der Waals surface area contributed by atoms with Crippen LogP contribution in [0.3, 0.4) is 0 Å². The molecule has 0 unspecified atom stereocenters. The number of oxazole rings is 1. The molecular formula is C22H22N6O2. The number of anilines is 2. The van der Waals surface area contributed by atoms with Crippen LogP contribution in [-0.2, 0) is 0 Å². The fourth-order valence-corrected chi connectivity index (χ4v) is 2.89. The maximum absolute atomic E-state index is 12.7. The van der Waals surface area contributed by atoms with Gasteiger partial charge < -0.3 is 15.5 Å². The first-order chi connectivity index (χ1) is 14.2. The normalized spacial score (nSPS) is 10.7. The van der Waals surface area contributed by atoms with E-state index in [0.717, 1.165) is 0 Å². The van der Waals surface area contributed by atoms with Crippen LogP contribution >= 0.6 is 0 Å². The van der Waals surface area contributed by atoms with Crippen LogP contribution in [0.2, 0.25) is 0 Å². The molecule has 152 valence electrons. The summed E-state index contributed by atoms with van der Waals surface area (Å²) in [6, 6.07) is 6.93. The minimum atomic E-state index is -0.413. The minimum absolute atomic E-state index is 0.0755. The number of nitrogen functional groups attached to an aromatic ring is 1. The molecule has 4 N–H and O–H groups in total. The number of benzene rings is 1. The fraction of sp³-hybridized carbons (Fsp3) is 0.227. The van der Waals surface area contributed by atoms with Gasteiger partial charge in [-0.05, 0) is 43.2 Å². The van der Waals surface area contributed by atoms with Gasteiger partial charge >= 0.3 is 0 Å². The lowest BCUT2D eigenvalue weighted by molar-refractivity contribution is 0.102. The number of hydrogen-bond donors (Lipinski definition) is 3. The molecule has 3 rings (SSSR count). The van der Waals surface area contributed by atoms with E-state index in [1.165, 1.54) is 12.4 Å². The molecule has 0 saturated carbocycles. The summed E-state index contributed by atoms with van der Waals surface area (Å²) in [7, 11) is 0. The third-order valence-corrected chi connectivity index (χ3v) is 4.82. The molecule has 8 nitrogen and oxygen atoms in total. The zero-order valence-corrected chi connectivity index (χ0v) is 17.2. The molecule has 2 heterocycles. The first-order valence-corrected chi connectivity index (χ1v) is 9.35. The summed E-state index contributed by atoms with van der Waals surface area (Å²) in [6.45, 7) is 7.42. The quantitative estimate of drug-likeness (QED) is 0.436. The molecule has 0 atom stereocenters. The highest BCUT2D eigenvalue weighted by atomic mass is 16.4. The summed E-state index contributed by atoms with van der Waals surface area (Å²) >= 11 is 0. The summed E-state index contributed by atoms with van der Waals surface area (Å²) in [5.41, 5.74) is 9.40. The molecule has 2 aromatic heterocycles. The number of nitrogens with two attached hydrogens (primary N) is 1. The average Bonchev–Trinajstić information content (AvgIpc) is 3.21. The predicted octanol–water partition coefficient (Wildman–Crippen LogP) is 3.93. The molecule has 0 aliphatic rings. The Balaban J connectivity index is 1.88. The lowest BCUT2D eigenvalue weighted by Gasteiger charge is -2.12. The van der Waals surface area contributed by atoms with Crippen molar-refractivity contribution in [2.24, 2.45) is 0 Å². The Morgan fingerprint density at radius 1 is 1.23 bits per heavy atom. The number of amides is 1. The van der Waals surface area contributed by atoms with Gasteiger partial charge in [-0.25, -0.2) is 9.97 Å². The number of hydrogen-bond acceptors (Lipinski definition) is 7. The Hall–Kier alpha value is -3.99. The van der Waals surface area contributed by atoms with Gasteiger partial charge in [-0.3, -0.25) is 10.2 Å². The standard InChI is InChI=1S/C22H22N6O2/c1-11(2)22-27-10-18(30-22)19(25)16-7-15(5-6-17(16)24)28-21(29)20-13(4)12(3)14(8-23)9-26-20/h5-7,9-11,25H,24H2,1-4H3,(H,28,29). The van der Waals surface area contributed by atoms with Crippen molar-refractivity contribution in [3.63, 3.8) is 0 Å². The Kier molecular flexibility index (Phi) is 5.65. The van der Waals surface area contributed by atoms with Crippen molar-refractivity contribution in [3.05, 3.63) is 70.2 Å². The van der Waals surface area contributed by atoms with Gasteiger partial charge in [0, 0.05) is 29.1 Å². The van der Waals surface area contributed by atoms with Crippen LogP contribution in [0, 0.1) is 30.6 Å². The number of aromatic nitrogens is 2. The fourth-order valence-electron chi connectivity index (χ4n) is 2.89. The number of pyridine rings is 1. The van der Waals surface area contributed by atoms with Gasteiger partial charge in [0.05, 0.1) is 11.8 Å². The molecule has 30 heavy (non-hydrogen) atoms. The summed E-state index contributed by atoms with van der Waals surface area (Å²) in [5.74, 6) is 0.523. The molecule has 0 bridgehead atoms. The van der Waals surface area contributed by atoms with Crippen molar-refractivity contribution in [1.29, 1.82) is 10.7 Å². The average molecular weight is 402 g/mol. The highest BCUT2D eigenvalue weighted by molar-refractivity contribution is 6.13. The van der Waals surface area contributed by atoms with E-state index in [1.807, 2.05) is 13.8 Å². The molecule has 0 saturated heterocycles. The van der Waals surface area contributed by atoms with E-state index in [0.29, 0.717) is 45.3 Å². The van der Waals surface area contributed by atoms with Crippen LogP contribution < -0.4 is 11.1 Å². The number of nitrogens with one attached hydrogen (secondary N) is 2. The first-order valence-electron chi connectivity index (χ1n) is 9.35. The number of carbonyl (C=O) groups is 1. The summed E-state index contributed by atoms with van der Waals surface area (Å²) in [5, 5.41) is 20.3. The second-order valence-corrected chi connectivity index (χ2v) is 7.23. The number of carbonyl (C=O) groups excluding carboxylic acids is 1. The lowest BCUT2D eigenvalue weighted by Crippen LogP contribution is -2.17. The van der Waals surface area contributed by atoms with Crippen molar-refractivity contribution in [3.8, 4) is 6.07 Å². The molecule has 3 aromatic rings. The highest BCUT2D eigenvalue weighted by Crippen LogP contribution is 2.24. The molecule has 0 spiro atoms. The Labute approximate surface area is 174 Å². The molecule has 0 aliphatic heterocycles. The zero-order valence-electron chi connectivity index (χ0n) is 17.2. The Morgan fingerprint density at radius 3 is 2.60 bits per heavy atom. The van der Waals surface area contributed by atoms with Gasteiger partial charge in [-0.2, -0.15) is 5.26 Å². The monoisotopic (exact) mass is 402 g/mol. The van der Waals surface area contributed by atoms with Crippen molar-refractivity contribution < 1.29 is 9.21 Å². The van der Waals surface area contributed by atoms with Crippen molar-refractivity contribution in [2.45, 2.75) is 33.6 Å². The van der Waals surface area contributed by atoms with Crippen LogP contribution in [0.4, 0.5) is 11.4 Å². The van der Waals surface area contributed by atoms with Crippen molar-refractivity contribution in [2.75, 3.05) is 11.1 Å². The second-order valence-electron chi connectivity index (χ2n) is 7.23. The van der Waals surface area contributed by atoms with E-state index in [4.69, 9.17) is 20.8 Å². The van der Waals surface area contributed by atoms with E-state index >= 15 is 0 Å². The van der Waals surface area contributed by atoms with Crippen LogP contribution in [-0.4, -0.2) is 21.6 Å². The van der Waals surface area contributed by atoms with Crippen LogP contribution in [0.1, 0.15) is 64.2 Å². The second kappa shape index (κ2) is 8.17. The highest BCUT2D eigenvalue weighted by Gasteiger charge is 2.18.